The zero-order valence-electron chi connectivity index (χ0n) is 23.9. The molecule has 1 atom stereocenters. The van der Waals surface area contributed by atoms with Crippen molar-refractivity contribution in [2.24, 2.45) is 0 Å². The fourth-order valence-electron chi connectivity index (χ4n) is 6.09. The van der Waals surface area contributed by atoms with E-state index in [-0.39, 0.29) is 28.4 Å². The third kappa shape index (κ3) is 6.57. The fourth-order valence-corrected chi connectivity index (χ4v) is 7.51. The Labute approximate surface area is 252 Å². The molecule has 0 unspecified atom stereocenters. The van der Waals surface area contributed by atoms with Crippen LogP contribution in [-0.2, 0) is 28.6 Å². The van der Waals surface area contributed by atoms with Crippen molar-refractivity contribution in [3.63, 3.8) is 0 Å². The fraction of sp³-hybridized carbons (Fsp3) is 0.324. The van der Waals surface area contributed by atoms with E-state index in [1.807, 2.05) is 41.1 Å². The van der Waals surface area contributed by atoms with E-state index in [4.69, 9.17) is 4.74 Å². The molecule has 0 spiro atoms. The predicted octanol–water partition coefficient (Wildman–Crippen LogP) is 5.87. The number of fused-ring (bicyclic) bond motifs is 1. The molecule has 2 aliphatic carbocycles. The lowest BCUT2D eigenvalue weighted by molar-refractivity contribution is 0.0936. The Balaban J connectivity index is 1.31. The van der Waals surface area contributed by atoms with E-state index in [0.717, 1.165) is 36.8 Å². The zero-order chi connectivity index (χ0) is 29.8. The van der Waals surface area contributed by atoms with Crippen LogP contribution in [0.2, 0.25) is 0 Å². The molecule has 1 heterocycles. The number of carbonyl (C=O) groups excluding carboxylic acids is 2. The summed E-state index contributed by atoms with van der Waals surface area (Å²) in [6.45, 7) is 0.469. The Bertz CT molecular complexity index is 1690. The van der Waals surface area contributed by atoms with Crippen LogP contribution in [-0.4, -0.2) is 35.7 Å². The number of hydrogen-bond acceptors (Lipinski definition) is 6. The number of carbonyl (C=O) groups is 2. The maximum absolute atomic E-state index is 13.8. The summed E-state index contributed by atoms with van der Waals surface area (Å²) in [7, 11) is -3.84. The van der Waals surface area contributed by atoms with Gasteiger partial charge >= 0.3 is 0 Å². The first-order valence-corrected chi connectivity index (χ1v) is 16.5. The number of Topliss-reactive ketones (excluding diaryl/α,β-unsaturated/α-hetero) is 1. The zero-order valence-corrected chi connectivity index (χ0v) is 24.8. The number of imidazole rings is 1. The summed E-state index contributed by atoms with van der Waals surface area (Å²) in [6.07, 6.45) is 10.7. The Kier molecular flexibility index (Phi) is 8.42. The van der Waals surface area contributed by atoms with Crippen LogP contribution in [0.4, 0.5) is 0 Å². The number of sulfone groups is 1. The van der Waals surface area contributed by atoms with Gasteiger partial charge in [-0.3, -0.25) is 9.59 Å². The van der Waals surface area contributed by atoms with Crippen LogP contribution in [0.25, 0.3) is 0 Å². The van der Waals surface area contributed by atoms with Crippen molar-refractivity contribution in [3.05, 3.63) is 113 Å². The molecule has 0 aliphatic heterocycles. The van der Waals surface area contributed by atoms with Crippen LogP contribution >= 0.6 is 0 Å². The van der Waals surface area contributed by atoms with E-state index in [2.05, 4.69) is 10.3 Å². The highest BCUT2D eigenvalue weighted by molar-refractivity contribution is 7.90. The standard InChI is InChI=1S/C34H35N3O5S/c38-31-12-6-11-28-29(31)17-18-32(42-33(21-37-20-19-35-23-37)24-7-2-1-3-8-24)30(28)22-43(40,41)27-15-13-25(14-16-27)34(39)36-26-9-4-5-10-26/h1-3,7-8,13-20,23,26,33H,4-6,9-12,21-22H2,(H,36,39)/t33-/m1/s1. The third-order valence-corrected chi connectivity index (χ3v) is 10.1. The molecule has 0 saturated heterocycles. The lowest BCUT2D eigenvalue weighted by Crippen LogP contribution is -2.32. The second kappa shape index (κ2) is 12.6. The highest BCUT2D eigenvalue weighted by Crippen LogP contribution is 2.36. The van der Waals surface area contributed by atoms with Crippen molar-refractivity contribution >= 4 is 21.5 Å². The van der Waals surface area contributed by atoms with E-state index < -0.39 is 15.9 Å². The van der Waals surface area contributed by atoms with Gasteiger partial charge in [0, 0.05) is 41.5 Å². The normalized spacial score (nSPS) is 16.0. The summed E-state index contributed by atoms with van der Waals surface area (Å²) in [4.78, 5) is 29.8. The molecule has 1 amide bonds. The first kappa shape index (κ1) is 28.9. The molecular weight excluding hydrogens is 562 g/mol. The van der Waals surface area contributed by atoms with E-state index in [9.17, 15) is 18.0 Å². The minimum absolute atomic E-state index is 0.0158. The van der Waals surface area contributed by atoms with Crippen LogP contribution in [0, 0.1) is 0 Å². The SMILES string of the molecule is O=C(NC1CCCC1)c1ccc(S(=O)(=O)Cc2c(O[C@H](Cn3ccnc3)c3ccccc3)ccc3c2CCCC3=O)cc1. The maximum Gasteiger partial charge on any atom is 0.251 e. The van der Waals surface area contributed by atoms with Crippen LogP contribution in [0.3, 0.4) is 0 Å². The molecule has 6 rings (SSSR count). The summed E-state index contributed by atoms with van der Waals surface area (Å²) < 4.78 is 36.2. The Morgan fingerprint density at radius 1 is 0.977 bits per heavy atom. The number of benzene rings is 3. The summed E-state index contributed by atoms with van der Waals surface area (Å²) in [5, 5.41) is 3.04. The lowest BCUT2D eigenvalue weighted by Gasteiger charge is -2.25. The maximum atomic E-state index is 13.8. The number of ether oxygens (including phenoxy) is 1. The molecule has 1 N–H and O–H groups in total. The first-order chi connectivity index (χ1) is 20.9. The molecule has 8 nitrogen and oxygen atoms in total. The Morgan fingerprint density at radius 2 is 1.74 bits per heavy atom. The molecular formula is C34H35N3O5S. The number of nitrogens with zero attached hydrogens (tertiary/aromatic N) is 2. The van der Waals surface area contributed by atoms with Gasteiger partial charge in [0.15, 0.2) is 15.6 Å². The summed E-state index contributed by atoms with van der Waals surface area (Å²) in [5.41, 5.74) is 3.18. The molecule has 4 aromatic rings. The van der Waals surface area contributed by atoms with Gasteiger partial charge in [0.25, 0.3) is 5.91 Å². The van der Waals surface area contributed by atoms with Crippen molar-refractivity contribution in [1.82, 2.24) is 14.9 Å². The second-order valence-corrected chi connectivity index (χ2v) is 13.3. The number of amides is 1. The smallest absolute Gasteiger partial charge is 0.251 e. The van der Waals surface area contributed by atoms with Gasteiger partial charge in [0.05, 0.1) is 23.5 Å². The molecule has 9 heteroatoms. The van der Waals surface area contributed by atoms with Gasteiger partial charge in [0.2, 0.25) is 0 Å². The summed E-state index contributed by atoms with van der Waals surface area (Å²) in [6, 6.07) is 19.5. The van der Waals surface area contributed by atoms with E-state index in [0.29, 0.717) is 48.2 Å². The van der Waals surface area contributed by atoms with Gasteiger partial charge < -0.3 is 14.6 Å². The van der Waals surface area contributed by atoms with Crippen molar-refractivity contribution in [2.45, 2.75) is 74.3 Å². The van der Waals surface area contributed by atoms with Crippen LogP contribution in [0.1, 0.15) is 82.0 Å². The molecule has 2 aliphatic rings. The minimum atomic E-state index is -3.84. The summed E-state index contributed by atoms with van der Waals surface area (Å²) in [5.74, 6) is -0.0495. The molecule has 1 saturated carbocycles. The van der Waals surface area contributed by atoms with Gasteiger partial charge in [-0.15, -0.1) is 0 Å². The predicted molar refractivity (Wildman–Crippen MR) is 163 cm³/mol. The summed E-state index contributed by atoms with van der Waals surface area (Å²) >= 11 is 0. The molecule has 3 aromatic carbocycles. The van der Waals surface area contributed by atoms with Gasteiger partial charge in [0.1, 0.15) is 11.9 Å². The van der Waals surface area contributed by atoms with Gasteiger partial charge in [-0.25, -0.2) is 13.4 Å². The van der Waals surface area contributed by atoms with Crippen LogP contribution in [0.5, 0.6) is 5.75 Å². The number of rotatable bonds is 10. The monoisotopic (exact) mass is 597 g/mol. The average molecular weight is 598 g/mol. The van der Waals surface area contributed by atoms with Gasteiger partial charge in [-0.1, -0.05) is 43.2 Å². The van der Waals surface area contributed by atoms with Crippen molar-refractivity contribution in [2.75, 3.05) is 0 Å². The minimum Gasteiger partial charge on any atom is -0.484 e. The molecule has 1 aromatic heterocycles. The number of ketones is 1. The Morgan fingerprint density at radius 3 is 2.47 bits per heavy atom. The largest absolute Gasteiger partial charge is 0.484 e. The highest BCUT2D eigenvalue weighted by atomic mass is 32.2. The second-order valence-electron chi connectivity index (χ2n) is 11.4. The molecule has 43 heavy (non-hydrogen) atoms. The molecule has 222 valence electrons. The molecule has 1 fully saturated rings. The third-order valence-electron chi connectivity index (χ3n) is 8.40. The van der Waals surface area contributed by atoms with Crippen molar-refractivity contribution < 1.29 is 22.7 Å². The average Bonchev–Trinajstić information content (AvgIpc) is 3.73. The van der Waals surface area contributed by atoms with Gasteiger partial charge in [-0.2, -0.15) is 0 Å². The quantitative estimate of drug-likeness (QED) is 0.245. The van der Waals surface area contributed by atoms with Crippen LogP contribution in [0.15, 0.2) is 90.3 Å². The lowest BCUT2D eigenvalue weighted by atomic mass is 9.87. The topological polar surface area (TPSA) is 107 Å². The number of aromatic nitrogens is 2. The van der Waals surface area contributed by atoms with E-state index >= 15 is 0 Å². The van der Waals surface area contributed by atoms with Gasteiger partial charge in [-0.05, 0) is 73.2 Å². The number of hydrogen-bond donors (Lipinski definition) is 1. The van der Waals surface area contributed by atoms with Crippen LogP contribution < -0.4 is 10.1 Å². The van der Waals surface area contributed by atoms with E-state index in [1.54, 1.807) is 36.8 Å². The Hall–Kier alpha value is -4.24. The number of nitrogens with one attached hydrogen (secondary N) is 1. The van der Waals surface area contributed by atoms with Crippen molar-refractivity contribution in [1.29, 1.82) is 0 Å². The molecule has 0 bridgehead atoms. The highest BCUT2D eigenvalue weighted by Gasteiger charge is 2.28. The molecule has 0 radical (unpaired) electrons. The van der Waals surface area contributed by atoms with E-state index in [1.165, 1.54) is 12.1 Å². The van der Waals surface area contributed by atoms with Crippen molar-refractivity contribution in [3.8, 4) is 5.75 Å². The first-order valence-electron chi connectivity index (χ1n) is 14.9.